The number of anilines is 2. The molecule has 0 bridgehead atoms. The molecule has 32 heavy (non-hydrogen) atoms. The van der Waals surface area contributed by atoms with Gasteiger partial charge in [-0.25, -0.2) is 4.39 Å². The molecule has 1 heterocycles. The van der Waals surface area contributed by atoms with Crippen LogP contribution in [0.1, 0.15) is 34.7 Å². The first kappa shape index (κ1) is 20.4. The number of nitrogens with two attached hydrogens (primary N) is 1. The number of rotatable bonds is 2. The van der Waals surface area contributed by atoms with E-state index in [9.17, 15) is 22.7 Å². The van der Waals surface area contributed by atoms with Crippen LogP contribution in [0.2, 0.25) is 0 Å². The van der Waals surface area contributed by atoms with Gasteiger partial charge in [-0.2, -0.15) is 18.3 Å². The van der Waals surface area contributed by atoms with Crippen LogP contribution in [0.5, 0.6) is 5.75 Å². The van der Waals surface area contributed by atoms with E-state index in [1.165, 1.54) is 24.3 Å². The molecule has 0 aromatic heterocycles. The highest BCUT2D eigenvalue weighted by Crippen LogP contribution is 2.47. The van der Waals surface area contributed by atoms with E-state index in [0.717, 1.165) is 28.5 Å². The number of nitrogens with zero attached hydrogens (tertiary/aromatic N) is 2. The Morgan fingerprint density at radius 1 is 1.00 bits per heavy atom. The fourth-order valence-corrected chi connectivity index (χ4v) is 4.65. The van der Waals surface area contributed by atoms with E-state index < -0.39 is 23.6 Å². The monoisotopic (exact) mass is 441 g/mol. The van der Waals surface area contributed by atoms with Gasteiger partial charge in [0.1, 0.15) is 11.6 Å². The molecule has 0 saturated carbocycles. The molecular weight excluding hydrogens is 422 g/mol. The van der Waals surface area contributed by atoms with Crippen molar-refractivity contribution in [3.8, 4) is 5.75 Å². The molecule has 2 atom stereocenters. The highest BCUT2D eigenvalue weighted by atomic mass is 19.4. The first-order valence-electron chi connectivity index (χ1n) is 10.1. The van der Waals surface area contributed by atoms with Gasteiger partial charge in [-0.1, -0.05) is 12.1 Å². The lowest BCUT2D eigenvalue weighted by atomic mass is 9.77. The SMILES string of the molecule is Nc1ccc(N2N=C3c4ccc(O)cc4CCC3C2c2ccc(F)cc2)cc1C(F)(F)F. The van der Waals surface area contributed by atoms with Gasteiger partial charge in [0.05, 0.1) is 23.0 Å². The lowest BCUT2D eigenvalue weighted by Gasteiger charge is -2.31. The minimum Gasteiger partial charge on any atom is -0.508 e. The Kier molecular flexibility index (Phi) is 4.62. The zero-order chi connectivity index (χ0) is 22.6. The number of benzene rings is 3. The first-order chi connectivity index (χ1) is 15.2. The average Bonchev–Trinajstić information content (AvgIpc) is 3.13. The summed E-state index contributed by atoms with van der Waals surface area (Å²) in [5.41, 5.74) is 7.86. The summed E-state index contributed by atoms with van der Waals surface area (Å²) in [5, 5.41) is 16.2. The molecule has 5 rings (SSSR count). The van der Waals surface area contributed by atoms with Gasteiger partial charge >= 0.3 is 6.18 Å². The summed E-state index contributed by atoms with van der Waals surface area (Å²) in [4.78, 5) is 0. The lowest BCUT2D eigenvalue weighted by Crippen LogP contribution is -2.29. The quantitative estimate of drug-likeness (QED) is 0.399. The number of aryl methyl sites for hydroxylation is 1. The highest BCUT2D eigenvalue weighted by molar-refractivity contribution is 6.07. The Morgan fingerprint density at radius 2 is 1.75 bits per heavy atom. The molecule has 2 aliphatic rings. The van der Waals surface area contributed by atoms with Crippen molar-refractivity contribution >= 4 is 17.1 Å². The number of aromatic hydroxyl groups is 1. The fourth-order valence-electron chi connectivity index (χ4n) is 4.65. The molecule has 1 aliphatic heterocycles. The minimum absolute atomic E-state index is 0.107. The van der Waals surface area contributed by atoms with Crippen LogP contribution in [-0.4, -0.2) is 10.8 Å². The lowest BCUT2D eigenvalue weighted by molar-refractivity contribution is -0.136. The number of halogens is 4. The smallest absolute Gasteiger partial charge is 0.418 e. The first-order valence-corrected chi connectivity index (χ1v) is 10.1. The van der Waals surface area contributed by atoms with Crippen molar-refractivity contribution in [1.29, 1.82) is 0 Å². The van der Waals surface area contributed by atoms with E-state index >= 15 is 0 Å². The van der Waals surface area contributed by atoms with Crippen molar-refractivity contribution in [1.82, 2.24) is 0 Å². The van der Waals surface area contributed by atoms with Gasteiger partial charge < -0.3 is 10.8 Å². The average molecular weight is 441 g/mol. The Hall–Kier alpha value is -3.55. The van der Waals surface area contributed by atoms with Crippen molar-refractivity contribution in [2.45, 2.75) is 25.1 Å². The maximum Gasteiger partial charge on any atom is 0.418 e. The van der Waals surface area contributed by atoms with E-state index in [-0.39, 0.29) is 23.0 Å². The van der Waals surface area contributed by atoms with Gasteiger partial charge in [-0.05, 0) is 72.5 Å². The molecule has 0 saturated heterocycles. The second kappa shape index (κ2) is 7.25. The predicted molar refractivity (Wildman–Crippen MR) is 114 cm³/mol. The summed E-state index contributed by atoms with van der Waals surface area (Å²) in [6.45, 7) is 0. The highest BCUT2D eigenvalue weighted by Gasteiger charge is 2.43. The summed E-state index contributed by atoms with van der Waals surface area (Å²) in [6, 6.07) is 14.3. The number of hydrogen-bond acceptors (Lipinski definition) is 4. The van der Waals surface area contributed by atoms with E-state index in [4.69, 9.17) is 10.8 Å². The van der Waals surface area contributed by atoms with Crippen molar-refractivity contribution in [3.05, 3.63) is 88.7 Å². The number of nitrogen functional groups attached to an aromatic ring is 1. The van der Waals surface area contributed by atoms with Crippen molar-refractivity contribution < 1.29 is 22.7 Å². The maximum absolute atomic E-state index is 13.6. The van der Waals surface area contributed by atoms with Crippen LogP contribution < -0.4 is 10.7 Å². The van der Waals surface area contributed by atoms with Crippen LogP contribution in [0.4, 0.5) is 28.9 Å². The van der Waals surface area contributed by atoms with Crippen LogP contribution in [0, 0.1) is 11.7 Å². The summed E-state index contributed by atoms with van der Waals surface area (Å²) in [6.07, 6.45) is -3.22. The topological polar surface area (TPSA) is 61.8 Å². The number of alkyl halides is 3. The molecule has 3 N–H and O–H groups in total. The molecule has 164 valence electrons. The van der Waals surface area contributed by atoms with E-state index in [0.29, 0.717) is 12.8 Å². The second-order valence-electron chi connectivity index (χ2n) is 8.08. The molecule has 4 nitrogen and oxygen atoms in total. The number of hydrogen-bond donors (Lipinski definition) is 2. The van der Waals surface area contributed by atoms with Crippen LogP contribution in [0.15, 0.2) is 65.8 Å². The molecule has 0 radical (unpaired) electrons. The summed E-state index contributed by atoms with van der Waals surface area (Å²) in [5.74, 6) is -0.346. The summed E-state index contributed by atoms with van der Waals surface area (Å²) >= 11 is 0. The van der Waals surface area contributed by atoms with Gasteiger partial charge in [0.15, 0.2) is 0 Å². The van der Waals surface area contributed by atoms with Gasteiger partial charge in [-0.3, -0.25) is 5.01 Å². The van der Waals surface area contributed by atoms with Crippen LogP contribution >= 0.6 is 0 Å². The molecule has 2 unspecified atom stereocenters. The maximum atomic E-state index is 13.6. The van der Waals surface area contributed by atoms with Crippen LogP contribution in [0.25, 0.3) is 0 Å². The number of phenols is 1. The molecular formula is C24H19F4N3O. The number of phenolic OH excluding ortho intramolecular Hbond substituents is 1. The molecule has 1 aliphatic carbocycles. The Morgan fingerprint density at radius 3 is 2.47 bits per heavy atom. The van der Waals surface area contributed by atoms with Gasteiger partial charge in [0.25, 0.3) is 0 Å². The van der Waals surface area contributed by atoms with Gasteiger partial charge in [0.2, 0.25) is 0 Å². The fraction of sp³-hybridized carbons (Fsp3) is 0.208. The summed E-state index contributed by atoms with van der Waals surface area (Å²) < 4.78 is 54.1. The zero-order valence-corrected chi connectivity index (χ0v) is 16.8. The Balaban J connectivity index is 1.66. The third kappa shape index (κ3) is 3.36. The summed E-state index contributed by atoms with van der Waals surface area (Å²) in [7, 11) is 0. The normalized spacial score (nSPS) is 20.0. The largest absolute Gasteiger partial charge is 0.508 e. The zero-order valence-electron chi connectivity index (χ0n) is 16.8. The minimum atomic E-state index is -4.60. The molecule has 3 aromatic carbocycles. The third-order valence-electron chi connectivity index (χ3n) is 6.12. The molecule has 0 spiro atoms. The predicted octanol–water partition coefficient (Wildman–Crippen LogP) is 5.66. The van der Waals surface area contributed by atoms with E-state index in [1.807, 2.05) is 0 Å². The van der Waals surface area contributed by atoms with Crippen LogP contribution in [0.3, 0.4) is 0 Å². The molecule has 3 aromatic rings. The third-order valence-corrected chi connectivity index (χ3v) is 6.12. The van der Waals surface area contributed by atoms with Gasteiger partial charge in [-0.15, -0.1) is 0 Å². The molecule has 0 amide bonds. The van der Waals surface area contributed by atoms with Gasteiger partial charge in [0, 0.05) is 17.2 Å². The number of fused-ring (bicyclic) bond motifs is 3. The Bertz CT molecular complexity index is 1220. The Labute approximate surface area is 181 Å². The van der Waals surface area contributed by atoms with E-state index in [2.05, 4.69) is 0 Å². The van der Waals surface area contributed by atoms with Crippen LogP contribution in [-0.2, 0) is 12.6 Å². The van der Waals surface area contributed by atoms with Crippen molar-refractivity contribution in [3.63, 3.8) is 0 Å². The van der Waals surface area contributed by atoms with Crippen molar-refractivity contribution in [2.24, 2.45) is 11.0 Å². The standard InChI is InChI=1S/C24H19F4N3O/c25-15-4-1-13(2-5-15)23-19-8-3-14-11-17(32)7-9-18(14)22(19)30-31(23)16-6-10-21(29)20(12-16)24(26,27)28/h1-2,4-7,9-12,19,23,32H,3,8,29H2. The number of hydrazone groups is 1. The molecule has 8 heteroatoms. The second-order valence-corrected chi connectivity index (χ2v) is 8.08. The van der Waals surface area contributed by atoms with E-state index in [1.54, 1.807) is 35.3 Å². The molecule has 0 fully saturated rings. The van der Waals surface area contributed by atoms with Crippen molar-refractivity contribution in [2.75, 3.05) is 10.7 Å².